The van der Waals surface area contributed by atoms with E-state index < -0.39 is 0 Å². The van der Waals surface area contributed by atoms with Gasteiger partial charge < -0.3 is 9.80 Å². The van der Waals surface area contributed by atoms with Gasteiger partial charge in [0.25, 0.3) is 0 Å². The summed E-state index contributed by atoms with van der Waals surface area (Å²) in [4.78, 5) is 4.55. The number of rotatable bonds is 1. The molecular weight excluding hydrogens is 291 g/mol. The predicted octanol–water partition coefficient (Wildman–Crippen LogP) is 4.07. The summed E-state index contributed by atoms with van der Waals surface area (Å²) in [6.45, 7) is 5.28. The van der Waals surface area contributed by atoms with Crippen molar-refractivity contribution in [3.8, 4) is 0 Å². The molecule has 23 heavy (non-hydrogen) atoms. The third-order valence-electron chi connectivity index (χ3n) is 4.50. The lowest BCUT2D eigenvalue weighted by atomic mass is 9.94. The minimum absolute atomic E-state index is 0.114. The first-order chi connectivity index (χ1) is 11.0. The highest BCUT2D eigenvalue weighted by atomic mass is 19.1. The summed E-state index contributed by atoms with van der Waals surface area (Å²) in [5, 5.41) is 8.23. The summed E-state index contributed by atoms with van der Waals surface area (Å²) < 4.78 is 13.3. The van der Waals surface area contributed by atoms with Gasteiger partial charge >= 0.3 is 0 Å². The highest BCUT2D eigenvalue weighted by molar-refractivity contribution is 5.93. The molecule has 4 rings (SSSR count). The fraction of sp³-hybridized carbons (Fsp3) is 0.278. The number of nitrogens with one attached hydrogen (secondary N) is 1. The minimum atomic E-state index is -0.216. The summed E-state index contributed by atoms with van der Waals surface area (Å²) >= 11 is 0. The largest absolute Gasteiger partial charge is 0.371 e. The summed E-state index contributed by atoms with van der Waals surface area (Å²) in [5.74, 6) is -0.216. The second-order valence-corrected chi connectivity index (χ2v) is 6.78. The molecule has 1 aliphatic heterocycles. The Morgan fingerprint density at radius 3 is 2.61 bits per heavy atom. The number of hydrogen-bond acceptors (Lipinski definition) is 3. The quantitative estimate of drug-likeness (QED) is 0.736. The van der Waals surface area contributed by atoms with Gasteiger partial charge in [0.1, 0.15) is 5.82 Å². The average Bonchev–Trinajstić information content (AvgIpc) is 2.94. The van der Waals surface area contributed by atoms with Gasteiger partial charge in [-0.25, -0.2) is 4.39 Å². The van der Waals surface area contributed by atoms with Crippen LogP contribution >= 0.6 is 0 Å². The van der Waals surface area contributed by atoms with Crippen molar-refractivity contribution in [3.05, 3.63) is 48.4 Å². The summed E-state index contributed by atoms with van der Waals surface area (Å²) in [6.07, 6.45) is 1.83. The molecule has 1 N–H and O–H groups in total. The van der Waals surface area contributed by atoms with Crippen LogP contribution in [-0.4, -0.2) is 29.3 Å². The van der Waals surface area contributed by atoms with Gasteiger partial charge in [-0.1, -0.05) is 0 Å². The van der Waals surface area contributed by atoms with Crippen molar-refractivity contribution in [3.63, 3.8) is 0 Å². The number of hydrogen-bond donors (Lipinski definition) is 1. The van der Waals surface area contributed by atoms with Crippen molar-refractivity contribution in [2.45, 2.75) is 19.4 Å². The van der Waals surface area contributed by atoms with E-state index in [1.165, 1.54) is 12.1 Å². The molecule has 0 saturated heterocycles. The summed E-state index contributed by atoms with van der Waals surface area (Å²) in [5.41, 5.74) is 4.16. The van der Waals surface area contributed by atoms with E-state index in [4.69, 9.17) is 0 Å². The van der Waals surface area contributed by atoms with Gasteiger partial charge in [-0.2, -0.15) is 5.10 Å². The Morgan fingerprint density at radius 2 is 1.87 bits per heavy atom. The molecule has 2 aromatic carbocycles. The normalized spacial score (nSPS) is 16.7. The van der Waals surface area contributed by atoms with Crippen LogP contribution in [0.1, 0.15) is 13.8 Å². The molecule has 1 aromatic heterocycles. The number of aromatic nitrogens is 2. The van der Waals surface area contributed by atoms with Crippen LogP contribution in [0.25, 0.3) is 10.9 Å². The van der Waals surface area contributed by atoms with Crippen LogP contribution in [0.5, 0.6) is 0 Å². The first-order valence-electron chi connectivity index (χ1n) is 7.70. The second kappa shape index (κ2) is 4.72. The van der Waals surface area contributed by atoms with Crippen molar-refractivity contribution < 1.29 is 4.39 Å². The number of fused-ring (bicyclic) bond motifs is 2. The Kier molecular flexibility index (Phi) is 2.88. The van der Waals surface area contributed by atoms with Crippen molar-refractivity contribution in [1.82, 2.24) is 10.2 Å². The lowest BCUT2D eigenvalue weighted by molar-refractivity contribution is 0.490. The molecule has 2 heterocycles. The Bertz CT molecular complexity index is 866. The maximum absolute atomic E-state index is 13.3. The minimum Gasteiger partial charge on any atom is -0.371 e. The first kappa shape index (κ1) is 14.1. The van der Waals surface area contributed by atoms with Crippen LogP contribution in [0.4, 0.5) is 21.5 Å². The van der Waals surface area contributed by atoms with E-state index in [-0.39, 0.29) is 11.4 Å². The summed E-state index contributed by atoms with van der Waals surface area (Å²) in [7, 11) is 2.10. The van der Waals surface area contributed by atoms with Gasteiger partial charge in [-0.15, -0.1) is 0 Å². The molecule has 5 heteroatoms. The second-order valence-electron chi connectivity index (χ2n) is 6.78. The molecule has 1 aliphatic rings. The van der Waals surface area contributed by atoms with Crippen molar-refractivity contribution >= 4 is 28.0 Å². The molecule has 0 aliphatic carbocycles. The number of halogens is 1. The third kappa shape index (κ3) is 2.15. The monoisotopic (exact) mass is 310 g/mol. The zero-order valence-electron chi connectivity index (χ0n) is 13.5. The molecule has 118 valence electrons. The van der Waals surface area contributed by atoms with Gasteiger partial charge in [-0.3, -0.25) is 5.10 Å². The third-order valence-corrected chi connectivity index (χ3v) is 4.50. The zero-order valence-corrected chi connectivity index (χ0v) is 13.5. The SMILES string of the molecule is CN1CC(C)(C)N(c2ccc(F)cc2)c2cc3cn[nH]c3cc21. The molecule has 0 atom stereocenters. The molecule has 3 aromatic rings. The molecule has 0 radical (unpaired) electrons. The first-order valence-corrected chi connectivity index (χ1v) is 7.70. The van der Waals surface area contributed by atoms with E-state index in [0.29, 0.717) is 0 Å². The smallest absolute Gasteiger partial charge is 0.123 e. The number of nitrogens with zero attached hydrogens (tertiary/aromatic N) is 3. The number of anilines is 3. The molecule has 4 nitrogen and oxygen atoms in total. The van der Waals surface area contributed by atoms with Crippen molar-refractivity contribution in [2.24, 2.45) is 0 Å². The van der Waals surface area contributed by atoms with Crippen LogP contribution < -0.4 is 9.80 Å². The predicted molar refractivity (Wildman–Crippen MR) is 92.0 cm³/mol. The highest BCUT2D eigenvalue weighted by Gasteiger charge is 2.36. The molecular formula is C18H19FN4. The molecule has 0 unspecified atom stereocenters. The van der Waals surface area contributed by atoms with Gasteiger partial charge in [0, 0.05) is 24.7 Å². The maximum atomic E-state index is 13.3. The number of aromatic amines is 1. The molecule has 0 amide bonds. The maximum Gasteiger partial charge on any atom is 0.123 e. The fourth-order valence-corrected chi connectivity index (χ4v) is 3.59. The number of benzene rings is 2. The fourth-order valence-electron chi connectivity index (χ4n) is 3.59. The Hall–Kier alpha value is -2.56. The van der Waals surface area contributed by atoms with Crippen LogP contribution in [0.2, 0.25) is 0 Å². The van der Waals surface area contributed by atoms with Gasteiger partial charge in [-0.05, 0) is 50.2 Å². The zero-order chi connectivity index (χ0) is 16.2. The summed E-state index contributed by atoms with van der Waals surface area (Å²) in [6, 6.07) is 11.0. The average molecular weight is 310 g/mol. The molecule has 0 fully saturated rings. The van der Waals surface area contributed by atoms with Crippen LogP contribution in [0.3, 0.4) is 0 Å². The highest BCUT2D eigenvalue weighted by Crippen LogP contribution is 2.45. The lowest BCUT2D eigenvalue weighted by Gasteiger charge is -2.48. The Morgan fingerprint density at radius 1 is 1.13 bits per heavy atom. The Labute approximate surface area is 134 Å². The van der Waals surface area contributed by atoms with E-state index in [2.05, 4.69) is 53.0 Å². The van der Waals surface area contributed by atoms with Crippen LogP contribution in [0, 0.1) is 5.82 Å². The van der Waals surface area contributed by atoms with Crippen LogP contribution in [-0.2, 0) is 0 Å². The lowest BCUT2D eigenvalue weighted by Crippen LogP contribution is -2.53. The van der Waals surface area contributed by atoms with Gasteiger partial charge in [0.15, 0.2) is 0 Å². The van der Waals surface area contributed by atoms with E-state index in [1.54, 1.807) is 0 Å². The van der Waals surface area contributed by atoms with Crippen molar-refractivity contribution in [1.29, 1.82) is 0 Å². The Balaban J connectivity index is 1.96. The van der Waals surface area contributed by atoms with Gasteiger partial charge in [0.05, 0.1) is 28.6 Å². The van der Waals surface area contributed by atoms with E-state index in [9.17, 15) is 4.39 Å². The van der Waals surface area contributed by atoms with Crippen molar-refractivity contribution in [2.75, 3.05) is 23.4 Å². The van der Waals surface area contributed by atoms with Crippen LogP contribution in [0.15, 0.2) is 42.6 Å². The number of likely N-dealkylation sites (N-methyl/N-ethyl adjacent to an activating group) is 1. The van der Waals surface area contributed by atoms with E-state index >= 15 is 0 Å². The number of H-pyrrole nitrogens is 1. The molecule has 0 bridgehead atoms. The van der Waals surface area contributed by atoms with E-state index in [0.717, 1.165) is 34.5 Å². The topological polar surface area (TPSA) is 35.2 Å². The van der Waals surface area contributed by atoms with Gasteiger partial charge in [0.2, 0.25) is 0 Å². The standard InChI is InChI=1S/C18H19FN4/c1-18(2)11-22(3)16-9-15-12(10-20-21-15)8-17(16)23(18)14-6-4-13(19)5-7-14/h4-10H,11H2,1-3H3,(H,20,21). The molecule has 0 spiro atoms. The molecule has 0 saturated carbocycles. The van der Waals surface area contributed by atoms with E-state index in [1.807, 2.05) is 18.3 Å².